The SMILES string of the molecule is CN(C(=O)NCc1ccc(N2CCCC2)nc1)C1CCC(CO)CC1. The minimum absolute atomic E-state index is 0.0314. The molecule has 0 atom stereocenters. The van der Waals surface area contributed by atoms with Crippen molar-refractivity contribution in [1.29, 1.82) is 0 Å². The molecule has 6 heteroatoms. The maximum atomic E-state index is 12.4. The zero-order chi connectivity index (χ0) is 17.6. The first-order valence-electron chi connectivity index (χ1n) is 9.48. The molecular weight excluding hydrogens is 316 g/mol. The molecule has 138 valence electrons. The third-order valence-electron chi connectivity index (χ3n) is 5.63. The molecule has 2 heterocycles. The Labute approximate surface area is 150 Å². The van der Waals surface area contributed by atoms with Gasteiger partial charge in [0.15, 0.2) is 0 Å². The van der Waals surface area contributed by atoms with Gasteiger partial charge in [0.1, 0.15) is 5.82 Å². The smallest absolute Gasteiger partial charge is 0.317 e. The van der Waals surface area contributed by atoms with Crippen molar-refractivity contribution < 1.29 is 9.90 Å². The highest BCUT2D eigenvalue weighted by atomic mass is 16.3. The number of pyridine rings is 1. The Morgan fingerprint density at radius 2 is 2.00 bits per heavy atom. The van der Waals surface area contributed by atoms with Gasteiger partial charge in [-0.2, -0.15) is 0 Å². The molecule has 1 aliphatic heterocycles. The Kier molecular flexibility index (Phi) is 6.13. The molecule has 0 spiro atoms. The Hall–Kier alpha value is -1.82. The van der Waals surface area contributed by atoms with Crippen LogP contribution < -0.4 is 10.2 Å². The van der Waals surface area contributed by atoms with E-state index in [0.717, 1.165) is 50.2 Å². The molecule has 6 nitrogen and oxygen atoms in total. The number of hydrogen-bond donors (Lipinski definition) is 2. The Morgan fingerprint density at radius 1 is 1.28 bits per heavy atom. The van der Waals surface area contributed by atoms with Gasteiger partial charge in [0.05, 0.1) is 0 Å². The van der Waals surface area contributed by atoms with E-state index in [9.17, 15) is 9.90 Å². The molecule has 2 amide bonds. The number of urea groups is 1. The van der Waals surface area contributed by atoms with Gasteiger partial charge in [-0.1, -0.05) is 6.07 Å². The summed E-state index contributed by atoms with van der Waals surface area (Å²) >= 11 is 0. The largest absolute Gasteiger partial charge is 0.396 e. The first-order valence-corrected chi connectivity index (χ1v) is 9.48. The quantitative estimate of drug-likeness (QED) is 0.859. The molecule has 0 bridgehead atoms. The van der Waals surface area contributed by atoms with Crippen molar-refractivity contribution in [2.75, 3.05) is 31.6 Å². The van der Waals surface area contributed by atoms with Gasteiger partial charge in [-0.3, -0.25) is 0 Å². The van der Waals surface area contributed by atoms with E-state index in [1.165, 1.54) is 12.8 Å². The number of carbonyl (C=O) groups is 1. The lowest BCUT2D eigenvalue weighted by molar-refractivity contribution is 0.134. The van der Waals surface area contributed by atoms with Crippen LogP contribution in [0.4, 0.5) is 10.6 Å². The highest BCUT2D eigenvalue weighted by molar-refractivity contribution is 5.74. The summed E-state index contributed by atoms with van der Waals surface area (Å²) in [7, 11) is 1.87. The average Bonchev–Trinajstić information content (AvgIpc) is 3.21. The summed E-state index contributed by atoms with van der Waals surface area (Å²) in [6, 6.07) is 4.34. The van der Waals surface area contributed by atoms with Crippen LogP contribution in [0.5, 0.6) is 0 Å². The normalized spacial score (nSPS) is 23.5. The van der Waals surface area contributed by atoms with Gasteiger partial charge < -0.3 is 20.2 Å². The van der Waals surface area contributed by atoms with Crippen LogP contribution in [-0.4, -0.2) is 53.8 Å². The van der Waals surface area contributed by atoms with Gasteiger partial charge in [0.2, 0.25) is 0 Å². The molecule has 1 saturated heterocycles. The van der Waals surface area contributed by atoms with Gasteiger partial charge in [-0.25, -0.2) is 9.78 Å². The molecule has 2 N–H and O–H groups in total. The zero-order valence-corrected chi connectivity index (χ0v) is 15.2. The van der Waals surface area contributed by atoms with Gasteiger partial charge in [0, 0.05) is 45.5 Å². The number of nitrogens with zero attached hydrogens (tertiary/aromatic N) is 3. The van der Waals surface area contributed by atoms with Crippen molar-refractivity contribution in [3.63, 3.8) is 0 Å². The molecule has 2 fully saturated rings. The number of aromatic nitrogens is 1. The van der Waals surface area contributed by atoms with Crippen molar-refractivity contribution in [3.8, 4) is 0 Å². The number of hydrogen-bond acceptors (Lipinski definition) is 4. The second-order valence-electron chi connectivity index (χ2n) is 7.35. The first-order chi connectivity index (χ1) is 12.2. The number of carbonyl (C=O) groups excluding carboxylic acids is 1. The summed E-state index contributed by atoms with van der Waals surface area (Å²) in [5.41, 5.74) is 1.02. The van der Waals surface area contributed by atoms with Crippen LogP contribution in [0.1, 0.15) is 44.1 Å². The summed E-state index contributed by atoms with van der Waals surface area (Å²) in [5.74, 6) is 1.44. The summed E-state index contributed by atoms with van der Waals surface area (Å²) < 4.78 is 0. The molecular formula is C19H30N4O2. The summed E-state index contributed by atoms with van der Waals surface area (Å²) in [6.45, 7) is 2.95. The van der Waals surface area contributed by atoms with Crippen molar-refractivity contribution in [3.05, 3.63) is 23.9 Å². The lowest BCUT2D eigenvalue weighted by Gasteiger charge is -2.34. The highest BCUT2D eigenvalue weighted by Gasteiger charge is 2.26. The van der Waals surface area contributed by atoms with Gasteiger partial charge in [-0.05, 0) is 56.1 Å². The fraction of sp³-hybridized carbons (Fsp3) is 0.684. The first kappa shape index (κ1) is 18.0. The average molecular weight is 346 g/mol. The minimum atomic E-state index is -0.0314. The summed E-state index contributed by atoms with van der Waals surface area (Å²) in [5, 5.41) is 12.2. The molecule has 0 radical (unpaired) electrons. The monoisotopic (exact) mass is 346 g/mol. The number of anilines is 1. The molecule has 1 aromatic rings. The van der Waals surface area contributed by atoms with E-state index in [-0.39, 0.29) is 18.7 Å². The number of aliphatic hydroxyl groups excluding tert-OH is 1. The minimum Gasteiger partial charge on any atom is -0.396 e. The number of amides is 2. The van der Waals surface area contributed by atoms with E-state index in [1.807, 2.05) is 30.3 Å². The fourth-order valence-electron chi connectivity index (χ4n) is 3.84. The van der Waals surface area contributed by atoms with Crippen LogP contribution in [0, 0.1) is 5.92 Å². The maximum absolute atomic E-state index is 12.4. The molecule has 1 aliphatic carbocycles. The predicted molar refractivity (Wildman–Crippen MR) is 98.5 cm³/mol. The molecule has 0 aromatic carbocycles. The Balaban J connectivity index is 1.45. The van der Waals surface area contributed by atoms with Crippen LogP contribution in [0.2, 0.25) is 0 Å². The number of nitrogens with one attached hydrogen (secondary N) is 1. The van der Waals surface area contributed by atoms with Crippen LogP contribution in [0.3, 0.4) is 0 Å². The van der Waals surface area contributed by atoms with Crippen LogP contribution in [0.25, 0.3) is 0 Å². The Bertz CT molecular complexity index is 549. The van der Waals surface area contributed by atoms with Crippen LogP contribution in [-0.2, 0) is 6.54 Å². The van der Waals surface area contributed by atoms with Gasteiger partial charge in [-0.15, -0.1) is 0 Å². The molecule has 25 heavy (non-hydrogen) atoms. The van der Waals surface area contributed by atoms with Crippen molar-refractivity contribution in [2.24, 2.45) is 5.92 Å². The van der Waals surface area contributed by atoms with E-state index in [0.29, 0.717) is 12.5 Å². The number of rotatable bonds is 5. The second kappa shape index (κ2) is 8.52. The third-order valence-corrected chi connectivity index (χ3v) is 5.63. The zero-order valence-electron chi connectivity index (χ0n) is 15.2. The highest BCUT2D eigenvalue weighted by Crippen LogP contribution is 2.26. The summed E-state index contributed by atoms with van der Waals surface area (Å²) in [6.07, 6.45) is 8.29. The Morgan fingerprint density at radius 3 is 2.60 bits per heavy atom. The van der Waals surface area contributed by atoms with Crippen molar-refractivity contribution >= 4 is 11.8 Å². The lowest BCUT2D eigenvalue weighted by atomic mass is 9.86. The van der Waals surface area contributed by atoms with Crippen molar-refractivity contribution in [2.45, 2.75) is 51.1 Å². The molecule has 0 unspecified atom stereocenters. The van der Waals surface area contributed by atoms with E-state index in [4.69, 9.17) is 0 Å². The van der Waals surface area contributed by atoms with E-state index in [2.05, 4.69) is 15.2 Å². The van der Waals surface area contributed by atoms with Gasteiger partial charge in [0.25, 0.3) is 0 Å². The van der Waals surface area contributed by atoms with E-state index < -0.39 is 0 Å². The molecule has 3 rings (SSSR count). The standard InChI is InChI=1S/C19H30N4O2/c1-22(17-7-4-15(14-24)5-8-17)19(25)21-13-16-6-9-18(20-12-16)23-10-2-3-11-23/h6,9,12,15,17,24H,2-5,7-8,10-11,13-14H2,1H3,(H,21,25). The molecule has 1 saturated carbocycles. The van der Waals surface area contributed by atoms with Crippen LogP contribution in [0.15, 0.2) is 18.3 Å². The van der Waals surface area contributed by atoms with E-state index >= 15 is 0 Å². The molecule has 1 aromatic heterocycles. The molecule has 2 aliphatic rings. The van der Waals surface area contributed by atoms with Crippen LogP contribution >= 0.6 is 0 Å². The topological polar surface area (TPSA) is 68.7 Å². The fourth-order valence-corrected chi connectivity index (χ4v) is 3.84. The summed E-state index contributed by atoms with van der Waals surface area (Å²) in [4.78, 5) is 21.0. The predicted octanol–water partition coefficient (Wildman–Crippen LogP) is 2.37. The second-order valence-corrected chi connectivity index (χ2v) is 7.35. The van der Waals surface area contributed by atoms with Gasteiger partial charge >= 0.3 is 6.03 Å². The number of aliphatic hydroxyl groups is 1. The lowest BCUT2D eigenvalue weighted by Crippen LogP contribution is -2.45. The van der Waals surface area contributed by atoms with E-state index in [1.54, 1.807) is 0 Å². The third kappa shape index (κ3) is 4.63. The van der Waals surface area contributed by atoms with Crippen molar-refractivity contribution in [1.82, 2.24) is 15.2 Å². The maximum Gasteiger partial charge on any atom is 0.317 e.